The van der Waals surface area contributed by atoms with Gasteiger partial charge in [0.15, 0.2) is 0 Å². The number of fused-ring (bicyclic) bond motifs is 1. The van der Waals surface area contributed by atoms with Gasteiger partial charge in [-0.2, -0.15) is 0 Å². The number of hydrogen-bond donors (Lipinski definition) is 1. The fourth-order valence-corrected chi connectivity index (χ4v) is 3.18. The van der Waals surface area contributed by atoms with Crippen molar-refractivity contribution in [2.45, 2.75) is 13.5 Å². The van der Waals surface area contributed by atoms with Crippen LogP contribution in [0.15, 0.2) is 60.4 Å². The SMILES string of the molecule is Cc1c(-c2cccc(Cl)c2)c2ccccc2n1CC(F)=CCN. The lowest BCUT2D eigenvalue weighted by Crippen LogP contribution is -2.03. The molecule has 0 fully saturated rings. The van der Waals surface area contributed by atoms with E-state index in [2.05, 4.69) is 6.07 Å². The third kappa shape index (κ3) is 3.03. The third-order valence-corrected chi connectivity index (χ3v) is 4.23. The molecule has 3 aromatic rings. The molecule has 0 bridgehead atoms. The van der Waals surface area contributed by atoms with Crippen LogP contribution >= 0.6 is 11.6 Å². The van der Waals surface area contributed by atoms with Crippen LogP contribution in [0.3, 0.4) is 0 Å². The van der Waals surface area contributed by atoms with Crippen LogP contribution in [0.25, 0.3) is 22.0 Å². The summed E-state index contributed by atoms with van der Waals surface area (Å²) in [4.78, 5) is 0. The van der Waals surface area contributed by atoms with E-state index in [1.165, 1.54) is 6.08 Å². The first-order chi connectivity index (χ1) is 11.1. The van der Waals surface area contributed by atoms with Crippen molar-refractivity contribution < 1.29 is 4.39 Å². The normalized spacial score (nSPS) is 12.1. The molecule has 1 heterocycles. The number of nitrogens with zero attached hydrogens (tertiary/aromatic N) is 1. The fraction of sp³-hybridized carbons (Fsp3) is 0.158. The minimum absolute atomic E-state index is 0.185. The Morgan fingerprint density at radius 2 is 2.00 bits per heavy atom. The van der Waals surface area contributed by atoms with Crippen LogP contribution in [0.1, 0.15) is 5.69 Å². The largest absolute Gasteiger partial charge is 0.337 e. The van der Waals surface area contributed by atoms with E-state index >= 15 is 0 Å². The zero-order chi connectivity index (χ0) is 16.4. The molecule has 3 rings (SSSR count). The Kier molecular flexibility index (Phi) is 4.51. The third-order valence-electron chi connectivity index (χ3n) is 3.99. The van der Waals surface area contributed by atoms with E-state index < -0.39 is 0 Å². The van der Waals surface area contributed by atoms with Crippen molar-refractivity contribution in [3.8, 4) is 11.1 Å². The molecule has 4 heteroatoms. The summed E-state index contributed by atoms with van der Waals surface area (Å²) >= 11 is 6.14. The van der Waals surface area contributed by atoms with E-state index in [1.807, 2.05) is 54.0 Å². The Bertz CT molecular complexity index is 880. The van der Waals surface area contributed by atoms with Gasteiger partial charge in [0.05, 0.1) is 6.54 Å². The zero-order valence-electron chi connectivity index (χ0n) is 12.9. The second-order valence-corrected chi connectivity index (χ2v) is 5.90. The number of nitrogens with two attached hydrogens (primary N) is 1. The Morgan fingerprint density at radius 1 is 1.22 bits per heavy atom. The summed E-state index contributed by atoms with van der Waals surface area (Å²) in [7, 11) is 0. The molecule has 0 radical (unpaired) electrons. The number of allylic oxidation sites excluding steroid dienone is 1. The van der Waals surface area contributed by atoms with Gasteiger partial charge in [0.1, 0.15) is 5.83 Å². The maximum atomic E-state index is 14.0. The van der Waals surface area contributed by atoms with Crippen LogP contribution in [0.2, 0.25) is 5.02 Å². The lowest BCUT2D eigenvalue weighted by atomic mass is 10.0. The van der Waals surface area contributed by atoms with Gasteiger partial charge >= 0.3 is 0 Å². The number of para-hydroxylation sites is 1. The molecule has 0 saturated heterocycles. The second-order valence-electron chi connectivity index (χ2n) is 5.46. The molecule has 0 spiro atoms. The van der Waals surface area contributed by atoms with Gasteiger partial charge in [0.25, 0.3) is 0 Å². The van der Waals surface area contributed by atoms with E-state index in [9.17, 15) is 4.39 Å². The van der Waals surface area contributed by atoms with Gasteiger partial charge in [-0.3, -0.25) is 0 Å². The number of hydrogen-bond acceptors (Lipinski definition) is 1. The second kappa shape index (κ2) is 6.57. The highest BCUT2D eigenvalue weighted by molar-refractivity contribution is 6.30. The van der Waals surface area contributed by atoms with Crippen molar-refractivity contribution in [2.24, 2.45) is 5.73 Å². The molecule has 2 nitrogen and oxygen atoms in total. The van der Waals surface area contributed by atoms with E-state index in [4.69, 9.17) is 17.3 Å². The maximum Gasteiger partial charge on any atom is 0.117 e. The van der Waals surface area contributed by atoms with Crippen molar-refractivity contribution in [1.29, 1.82) is 0 Å². The van der Waals surface area contributed by atoms with Crippen LogP contribution < -0.4 is 5.73 Å². The minimum atomic E-state index is -0.228. The first kappa shape index (κ1) is 15.8. The van der Waals surface area contributed by atoms with Crippen LogP contribution in [0.5, 0.6) is 0 Å². The lowest BCUT2D eigenvalue weighted by Gasteiger charge is -2.08. The highest BCUT2D eigenvalue weighted by Gasteiger charge is 2.16. The quantitative estimate of drug-likeness (QED) is 0.711. The fourth-order valence-electron chi connectivity index (χ4n) is 2.99. The Balaban J connectivity index is 2.23. The van der Waals surface area contributed by atoms with Crippen LogP contribution in [0, 0.1) is 6.92 Å². The zero-order valence-corrected chi connectivity index (χ0v) is 13.6. The molecule has 2 aromatic carbocycles. The van der Waals surface area contributed by atoms with E-state index in [0.717, 1.165) is 27.7 Å². The maximum absolute atomic E-state index is 14.0. The standard InChI is InChI=1S/C19H18ClFN2/c1-13-19(14-5-4-6-15(20)11-14)17-7-2-3-8-18(17)23(13)12-16(21)9-10-22/h2-9,11H,10,12,22H2,1H3. The van der Waals surface area contributed by atoms with E-state index in [-0.39, 0.29) is 18.9 Å². The van der Waals surface area contributed by atoms with E-state index in [0.29, 0.717) is 5.02 Å². The lowest BCUT2D eigenvalue weighted by molar-refractivity contribution is 0.555. The number of rotatable bonds is 4. The molecule has 0 atom stereocenters. The molecule has 23 heavy (non-hydrogen) atoms. The average Bonchev–Trinajstić information content (AvgIpc) is 2.80. The molecule has 0 unspecified atom stereocenters. The molecule has 118 valence electrons. The summed E-state index contributed by atoms with van der Waals surface area (Å²) in [6.07, 6.45) is 1.41. The van der Waals surface area contributed by atoms with Crippen molar-refractivity contribution in [3.63, 3.8) is 0 Å². The molecular formula is C19H18ClFN2. The predicted molar refractivity (Wildman–Crippen MR) is 95.4 cm³/mol. The summed E-state index contributed by atoms with van der Waals surface area (Å²) < 4.78 is 16.0. The Hall–Kier alpha value is -2.10. The number of halogens is 2. The van der Waals surface area contributed by atoms with Gasteiger partial charge in [0.2, 0.25) is 0 Å². The predicted octanol–water partition coefficient (Wildman–Crippen LogP) is 5.08. The molecule has 0 aliphatic heterocycles. The number of aromatic nitrogens is 1. The first-order valence-electron chi connectivity index (χ1n) is 7.50. The van der Waals surface area contributed by atoms with Gasteiger partial charge in [-0.1, -0.05) is 41.9 Å². The van der Waals surface area contributed by atoms with Crippen LogP contribution in [-0.2, 0) is 6.54 Å². The van der Waals surface area contributed by atoms with Crippen LogP contribution in [0.4, 0.5) is 4.39 Å². The van der Waals surface area contributed by atoms with Gasteiger partial charge in [0, 0.05) is 33.7 Å². The smallest absolute Gasteiger partial charge is 0.117 e. The Morgan fingerprint density at radius 3 is 2.74 bits per heavy atom. The summed E-state index contributed by atoms with van der Waals surface area (Å²) in [5.74, 6) is -0.228. The first-order valence-corrected chi connectivity index (χ1v) is 7.88. The summed E-state index contributed by atoms with van der Waals surface area (Å²) in [6.45, 7) is 2.39. The van der Waals surface area contributed by atoms with Crippen molar-refractivity contribution in [1.82, 2.24) is 4.57 Å². The average molecular weight is 329 g/mol. The highest BCUT2D eigenvalue weighted by atomic mass is 35.5. The molecule has 1 aromatic heterocycles. The topological polar surface area (TPSA) is 30.9 Å². The summed E-state index contributed by atoms with van der Waals surface area (Å²) in [5, 5.41) is 1.78. The monoisotopic (exact) mass is 328 g/mol. The highest BCUT2D eigenvalue weighted by Crippen LogP contribution is 2.35. The van der Waals surface area contributed by atoms with Gasteiger partial charge in [-0.05, 0) is 36.8 Å². The summed E-state index contributed by atoms with van der Waals surface area (Å²) in [5.41, 5.74) is 9.54. The molecule has 0 saturated carbocycles. The van der Waals surface area contributed by atoms with Gasteiger partial charge < -0.3 is 10.3 Å². The van der Waals surface area contributed by atoms with Crippen LogP contribution in [-0.4, -0.2) is 11.1 Å². The van der Waals surface area contributed by atoms with Gasteiger partial charge in [-0.15, -0.1) is 0 Å². The van der Waals surface area contributed by atoms with E-state index in [1.54, 1.807) is 0 Å². The molecule has 0 amide bonds. The Labute approximate surface area is 140 Å². The van der Waals surface area contributed by atoms with Crippen molar-refractivity contribution in [3.05, 3.63) is 71.2 Å². The van der Waals surface area contributed by atoms with Gasteiger partial charge in [-0.25, -0.2) is 4.39 Å². The molecule has 0 aliphatic carbocycles. The van der Waals surface area contributed by atoms with Crippen molar-refractivity contribution >= 4 is 22.5 Å². The molecule has 0 aliphatic rings. The van der Waals surface area contributed by atoms with Crippen molar-refractivity contribution in [2.75, 3.05) is 6.54 Å². The minimum Gasteiger partial charge on any atom is -0.337 e. The number of benzene rings is 2. The molecule has 2 N–H and O–H groups in total. The molecular weight excluding hydrogens is 311 g/mol. The summed E-state index contributed by atoms with van der Waals surface area (Å²) in [6, 6.07) is 15.8.